The van der Waals surface area contributed by atoms with Crippen LogP contribution in [-0.4, -0.2) is 40.6 Å². The Balaban J connectivity index is 1.70. The summed E-state index contributed by atoms with van der Waals surface area (Å²) in [6.07, 6.45) is 0. The molecule has 0 saturated carbocycles. The molecule has 33 heavy (non-hydrogen) atoms. The van der Waals surface area contributed by atoms with Crippen molar-refractivity contribution in [1.29, 1.82) is 0 Å². The van der Waals surface area contributed by atoms with Gasteiger partial charge in [0.25, 0.3) is 10.0 Å². The molecule has 0 spiro atoms. The van der Waals surface area contributed by atoms with Crippen molar-refractivity contribution in [2.75, 3.05) is 24.6 Å². The number of anilines is 1. The molecule has 1 atom stereocenters. The molecule has 1 N–H and O–H groups in total. The minimum atomic E-state index is -3.93. The number of sulfonamides is 1. The Hall–Kier alpha value is -3.52. The zero-order valence-electron chi connectivity index (χ0n) is 18.9. The third kappa shape index (κ3) is 6.49. The molecule has 0 aliphatic carbocycles. The van der Waals surface area contributed by atoms with Gasteiger partial charge < -0.3 is 14.8 Å². The van der Waals surface area contributed by atoms with Gasteiger partial charge >= 0.3 is 0 Å². The zero-order chi connectivity index (χ0) is 23.8. The molecule has 0 bridgehead atoms. The highest BCUT2D eigenvalue weighted by Gasteiger charge is 2.27. The second-order valence-electron chi connectivity index (χ2n) is 7.62. The van der Waals surface area contributed by atoms with Crippen LogP contribution in [0.1, 0.15) is 12.5 Å². The molecule has 0 heterocycles. The van der Waals surface area contributed by atoms with Crippen molar-refractivity contribution in [1.82, 2.24) is 5.32 Å². The highest BCUT2D eigenvalue weighted by molar-refractivity contribution is 7.92. The summed E-state index contributed by atoms with van der Waals surface area (Å²) in [6.45, 7) is 3.54. The molecule has 174 valence electrons. The van der Waals surface area contributed by atoms with Crippen LogP contribution in [0.15, 0.2) is 83.8 Å². The lowest BCUT2D eigenvalue weighted by Gasteiger charge is -2.25. The number of carbonyl (C=O) groups excluding carboxylic acids is 1. The molecule has 3 aromatic carbocycles. The lowest BCUT2D eigenvalue weighted by Crippen LogP contribution is -2.45. The number of nitrogens with one attached hydrogen (secondary N) is 1. The van der Waals surface area contributed by atoms with Gasteiger partial charge in [-0.05, 0) is 67.9 Å². The van der Waals surface area contributed by atoms with E-state index in [1.165, 1.54) is 12.1 Å². The van der Waals surface area contributed by atoms with Crippen LogP contribution in [0, 0.1) is 6.92 Å². The monoisotopic (exact) mass is 468 g/mol. The topological polar surface area (TPSA) is 84.9 Å². The number of ether oxygens (including phenoxy) is 2. The first kappa shape index (κ1) is 24.1. The van der Waals surface area contributed by atoms with Crippen molar-refractivity contribution >= 4 is 21.6 Å². The Morgan fingerprint density at radius 2 is 1.64 bits per heavy atom. The van der Waals surface area contributed by atoms with Crippen molar-refractivity contribution in [2.24, 2.45) is 0 Å². The smallest absolute Gasteiger partial charge is 0.264 e. The second-order valence-corrected chi connectivity index (χ2v) is 9.48. The highest BCUT2D eigenvalue weighted by Crippen LogP contribution is 2.24. The molecule has 1 unspecified atom stereocenters. The van der Waals surface area contributed by atoms with Crippen molar-refractivity contribution in [3.8, 4) is 11.5 Å². The molecule has 1 amide bonds. The molecule has 0 aliphatic rings. The van der Waals surface area contributed by atoms with E-state index in [1.807, 2.05) is 13.0 Å². The van der Waals surface area contributed by atoms with Crippen LogP contribution < -0.4 is 19.1 Å². The third-order valence-corrected chi connectivity index (χ3v) is 6.66. The number of nitrogens with zero attached hydrogens (tertiary/aromatic N) is 1. The first-order valence-corrected chi connectivity index (χ1v) is 11.9. The lowest BCUT2D eigenvalue weighted by molar-refractivity contribution is -0.120. The number of aryl methyl sites for hydroxylation is 1. The quantitative estimate of drug-likeness (QED) is 0.490. The van der Waals surface area contributed by atoms with Crippen LogP contribution in [0.25, 0.3) is 0 Å². The predicted molar refractivity (Wildman–Crippen MR) is 128 cm³/mol. The van der Waals surface area contributed by atoms with E-state index in [9.17, 15) is 13.2 Å². The normalized spacial score (nSPS) is 12.0. The maximum atomic E-state index is 13.3. The molecular formula is C25H28N2O5S. The van der Waals surface area contributed by atoms with E-state index in [0.29, 0.717) is 11.4 Å². The number of hydrogen-bond donors (Lipinski definition) is 1. The highest BCUT2D eigenvalue weighted by atomic mass is 32.2. The van der Waals surface area contributed by atoms with Gasteiger partial charge in [-0.3, -0.25) is 9.10 Å². The molecule has 0 saturated heterocycles. The van der Waals surface area contributed by atoms with E-state index in [-0.39, 0.29) is 24.1 Å². The maximum absolute atomic E-state index is 13.3. The van der Waals surface area contributed by atoms with Crippen LogP contribution in [-0.2, 0) is 14.8 Å². The van der Waals surface area contributed by atoms with E-state index >= 15 is 0 Å². The van der Waals surface area contributed by atoms with Gasteiger partial charge in [-0.1, -0.05) is 30.3 Å². The SMILES string of the molecule is COc1ccc(OCC(C)NC(=O)CN(c2cccc(C)c2)S(=O)(=O)c2ccccc2)cc1. The lowest BCUT2D eigenvalue weighted by atomic mass is 10.2. The van der Waals surface area contributed by atoms with Crippen molar-refractivity contribution < 1.29 is 22.7 Å². The molecule has 3 rings (SSSR count). The van der Waals surface area contributed by atoms with Crippen molar-refractivity contribution in [3.05, 3.63) is 84.4 Å². The molecular weight excluding hydrogens is 440 g/mol. The first-order chi connectivity index (χ1) is 15.8. The molecule has 3 aromatic rings. The first-order valence-electron chi connectivity index (χ1n) is 10.5. The summed E-state index contributed by atoms with van der Waals surface area (Å²) >= 11 is 0. The van der Waals surface area contributed by atoms with Gasteiger partial charge in [-0.2, -0.15) is 0 Å². The number of benzene rings is 3. The van der Waals surface area contributed by atoms with E-state index < -0.39 is 15.9 Å². The van der Waals surface area contributed by atoms with Gasteiger partial charge in [0, 0.05) is 0 Å². The number of amides is 1. The number of rotatable bonds is 10. The average molecular weight is 469 g/mol. The number of hydrogen-bond acceptors (Lipinski definition) is 5. The Morgan fingerprint density at radius 3 is 2.27 bits per heavy atom. The van der Waals surface area contributed by atoms with E-state index in [2.05, 4.69) is 5.32 Å². The Bertz CT molecular complexity index is 1160. The van der Waals surface area contributed by atoms with Crippen LogP contribution in [0.2, 0.25) is 0 Å². The third-order valence-electron chi connectivity index (χ3n) is 4.87. The standard InChI is InChI=1S/C25H28N2O5S/c1-19-8-7-9-21(16-19)27(33(29,30)24-10-5-4-6-11-24)17-25(28)26-20(2)18-32-23-14-12-22(31-3)13-15-23/h4-16,20H,17-18H2,1-3H3,(H,26,28). The fourth-order valence-corrected chi connectivity index (χ4v) is 4.64. The minimum absolute atomic E-state index is 0.121. The second kappa shape index (κ2) is 10.9. The van der Waals surface area contributed by atoms with Crippen LogP contribution in [0.3, 0.4) is 0 Å². The largest absolute Gasteiger partial charge is 0.497 e. The number of methoxy groups -OCH3 is 1. The van der Waals surface area contributed by atoms with Gasteiger partial charge in [0.05, 0.1) is 23.7 Å². The van der Waals surface area contributed by atoms with E-state index in [1.54, 1.807) is 74.7 Å². The van der Waals surface area contributed by atoms with Gasteiger partial charge in [0.1, 0.15) is 24.7 Å². The summed E-state index contributed by atoms with van der Waals surface area (Å²) in [7, 11) is -2.35. The fourth-order valence-electron chi connectivity index (χ4n) is 3.20. The summed E-state index contributed by atoms with van der Waals surface area (Å²) in [4.78, 5) is 12.9. The Labute approximate surface area is 195 Å². The van der Waals surface area contributed by atoms with E-state index in [0.717, 1.165) is 15.6 Å². The van der Waals surface area contributed by atoms with Gasteiger partial charge in [-0.25, -0.2) is 8.42 Å². The van der Waals surface area contributed by atoms with Gasteiger partial charge in [-0.15, -0.1) is 0 Å². The van der Waals surface area contributed by atoms with Crippen molar-refractivity contribution in [3.63, 3.8) is 0 Å². The summed E-state index contributed by atoms with van der Waals surface area (Å²) in [5.41, 5.74) is 1.32. The summed E-state index contributed by atoms with van der Waals surface area (Å²) in [5, 5.41) is 2.82. The maximum Gasteiger partial charge on any atom is 0.264 e. The van der Waals surface area contributed by atoms with Crippen LogP contribution in [0.4, 0.5) is 5.69 Å². The minimum Gasteiger partial charge on any atom is -0.497 e. The average Bonchev–Trinajstić information content (AvgIpc) is 2.82. The summed E-state index contributed by atoms with van der Waals surface area (Å²) < 4.78 is 38.6. The predicted octanol–water partition coefficient (Wildman–Crippen LogP) is 3.78. The number of carbonyl (C=O) groups is 1. The molecule has 0 fully saturated rings. The fraction of sp³-hybridized carbons (Fsp3) is 0.240. The molecule has 0 aromatic heterocycles. The van der Waals surface area contributed by atoms with Crippen molar-refractivity contribution in [2.45, 2.75) is 24.8 Å². The molecule has 0 aliphatic heterocycles. The van der Waals surface area contributed by atoms with Crippen LogP contribution >= 0.6 is 0 Å². The molecule has 8 heteroatoms. The zero-order valence-corrected chi connectivity index (χ0v) is 19.7. The van der Waals surface area contributed by atoms with E-state index in [4.69, 9.17) is 9.47 Å². The summed E-state index contributed by atoms with van der Waals surface area (Å²) in [6, 6.07) is 21.9. The summed E-state index contributed by atoms with van der Waals surface area (Å²) in [5.74, 6) is 0.936. The van der Waals surface area contributed by atoms with Crippen LogP contribution in [0.5, 0.6) is 11.5 Å². The van der Waals surface area contributed by atoms with Gasteiger partial charge in [0.15, 0.2) is 0 Å². The van der Waals surface area contributed by atoms with Gasteiger partial charge in [0.2, 0.25) is 5.91 Å². The molecule has 0 radical (unpaired) electrons. The Morgan fingerprint density at radius 1 is 0.970 bits per heavy atom. The Kier molecular flexibility index (Phi) is 7.95. The molecule has 7 nitrogen and oxygen atoms in total.